The molecule has 0 radical (unpaired) electrons. The molecule has 0 aliphatic carbocycles. The van der Waals surface area contributed by atoms with E-state index in [1.165, 1.54) is 0 Å². The minimum Gasteiger partial charge on any atom is -0.368 e. The number of hydrogen-bond donors (Lipinski definition) is 2. The summed E-state index contributed by atoms with van der Waals surface area (Å²) in [5.41, 5.74) is 6.20. The smallest absolute Gasteiger partial charge is 0.236 e. The predicted octanol–water partition coefficient (Wildman–Crippen LogP) is -0.302. The number of piperazine rings is 1. The Kier molecular flexibility index (Phi) is 4.11. The maximum Gasteiger partial charge on any atom is 0.236 e. The van der Waals surface area contributed by atoms with Crippen molar-refractivity contribution in [1.29, 1.82) is 0 Å². The fraction of sp³-hybridized carbons (Fsp3) is 0.545. The van der Waals surface area contributed by atoms with E-state index in [-0.39, 0.29) is 11.9 Å². The highest BCUT2D eigenvalue weighted by Crippen LogP contribution is 2.11. The number of halogens is 1. The van der Waals surface area contributed by atoms with Crippen molar-refractivity contribution in [1.82, 2.24) is 20.2 Å². The van der Waals surface area contributed by atoms with E-state index in [1.807, 2.05) is 11.8 Å². The molecular weight excluding hydrogens is 254 g/mol. The average molecular weight is 270 g/mol. The summed E-state index contributed by atoms with van der Waals surface area (Å²) in [5, 5.41) is 3.56. The minimum atomic E-state index is -0.332. The maximum atomic E-state index is 11.4. The molecule has 7 heteroatoms. The fourth-order valence-corrected chi connectivity index (χ4v) is 2.31. The summed E-state index contributed by atoms with van der Waals surface area (Å²) in [6.07, 6.45) is 0. The first-order valence-corrected chi connectivity index (χ1v) is 6.18. The molecule has 6 nitrogen and oxygen atoms in total. The SMILES string of the molecule is Cc1cc(Cl)nc(CN2CCNCC2C(N)=O)n1. The Morgan fingerprint density at radius 3 is 3.11 bits per heavy atom. The number of carbonyl (C=O) groups is 1. The van der Waals surface area contributed by atoms with Gasteiger partial charge < -0.3 is 11.1 Å². The fourth-order valence-electron chi connectivity index (χ4n) is 2.06. The van der Waals surface area contributed by atoms with Crippen LogP contribution in [0.5, 0.6) is 0 Å². The third-order valence-electron chi connectivity index (χ3n) is 2.90. The van der Waals surface area contributed by atoms with E-state index in [0.29, 0.717) is 24.1 Å². The zero-order valence-corrected chi connectivity index (χ0v) is 10.9. The van der Waals surface area contributed by atoms with Crippen LogP contribution < -0.4 is 11.1 Å². The number of aryl methyl sites for hydroxylation is 1. The maximum absolute atomic E-state index is 11.4. The van der Waals surface area contributed by atoms with Crippen molar-refractivity contribution in [3.05, 3.63) is 22.7 Å². The monoisotopic (exact) mass is 269 g/mol. The summed E-state index contributed by atoms with van der Waals surface area (Å²) >= 11 is 5.89. The van der Waals surface area contributed by atoms with Gasteiger partial charge in [0.1, 0.15) is 17.0 Å². The van der Waals surface area contributed by atoms with Crippen molar-refractivity contribution in [2.24, 2.45) is 5.73 Å². The third-order valence-corrected chi connectivity index (χ3v) is 3.09. The molecule has 1 saturated heterocycles. The minimum absolute atomic E-state index is 0.318. The molecule has 98 valence electrons. The molecule has 1 aromatic heterocycles. The van der Waals surface area contributed by atoms with Crippen LogP contribution in [0, 0.1) is 6.92 Å². The van der Waals surface area contributed by atoms with E-state index in [9.17, 15) is 4.79 Å². The Labute approximate surface area is 111 Å². The Balaban J connectivity index is 2.13. The van der Waals surface area contributed by atoms with Crippen molar-refractivity contribution in [3.63, 3.8) is 0 Å². The van der Waals surface area contributed by atoms with E-state index in [2.05, 4.69) is 15.3 Å². The van der Waals surface area contributed by atoms with Crippen molar-refractivity contribution in [3.8, 4) is 0 Å². The van der Waals surface area contributed by atoms with Crippen LogP contribution in [0.2, 0.25) is 5.15 Å². The molecule has 0 aromatic carbocycles. The van der Waals surface area contributed by atoms with E-state index < -0.39 is 0 Å². The molecule has 1 aliphatic rings. The molecule has 1 unspecified atom stereocenters. The van der Waals surface area contributed by atoms with Gasteiger partial charge in [0.25, 0.3) is 0 Å². The number of nitrogens with one attached hydrogen (secondary N) is 1. The predicted molar refractivity (Wildman–Crippen MR) is 68.0 cm³/mol. The Morgan fingerprint density at radius 1 is 1.67 bits per heavy atom. The number of carbonyl (C=O) groups excluding carboxylic acids is 1. The summed E-state index contributed by atoms with van der Waals surface area (Å²) in [6.45, 7) is 4.47. The number of hydrogen-bond acceptors (Lipinski definition) is 5. The van der Waals surface area contributed by atoms with Gasteiger partial charge in [0.15, 0.2) is 0 Å². The first-order valence-electron chi connectivity index (χ1n) is 5.80. The van der Waals surface area contributed by atoms with Gasteiger partial charge in [0.2, 0.25) is 5.91 Å². The van der Waals surface area contributed by atoms with Gasteiger partial charge in [-0.15, -0.1) is 0 Å². The Morgan fingerprint density at radius 2 is 2.44 bits per heavy atom. The molecular formula is C11H16ClN5O. The van der Waals surface area contributed by atoms with Crippen LogP contribution in [0.15, 0.2) is 6.07 Å². The van der Waals surface area contributed by atoms with Crippen LogP contribution in [0.3, 0.4) is 0 Å². The molecule has 1 aromatic rings. The van der Waals surface area contributed by atoms with Crippen LogP contribution in [0.4, 0.5) is 0 Å². The molecule has 0 bridgehead atoms. The number of aromatic nitrogens is 2. The summed E-state index contributed by atoms with van der Waals surface area (Å²) in [5.74, 6) is 0.286. The van der Waals surface area contributed by atoms with Crippen molar-refractivity contribution in [2.75, 3.05) is 19.6 Å². The zero-order chi connectivity index (χ0) is 13.1. The van der Waals surface area contributed by atoms with Gasteiger partial charge >= 0.3 is 0 Å². The molecule has 1 amide bonds. The number of amides is 1. The second-order valence-corrected chi connectivity index (χ2v) is 4.73. The van der Waals surface area contributed by atoms with Crippen LogP contribution in [0.25, 0.3) is 0 Å². The van der Waals surface area contributed by atoms with Gasteiger partial charge in [0, 0.05) is 25.3 Å². The highest BCUT2D eigenvalue weighted by molar-refractivity contribution is 6.29. The van der Waals surface area contributed by atoms with Crippen LogP contribution >= 0.6 is 11.6 Å². The molecule has 0 saturated carbocycles. The number of primary amides is 1. The summed E-state index contributed by atoms with van der Waals surface area (Å²) in [6, 6.07) is 1.38. The van der Waals surface area contributed by atoms with Crippen molar-refractivity contribution in [2.45, 2.75) is 19.5 Å². The largest absolute Gasteiger partial charge is 0.368 e. The van der Waals surface area contributed by atoms with Crippen LogP contribution in [-0.4, -0.2) is 46.5 Å². The number of nitrogens with zero attached hydrogens (tertiary/aromatic N) is 3. The molecule has 0 spiro atoms. The molecule has 2 rings (SSSR count). The lowest BCUT2D eigenvalue weighted by Gasteiger charge is -2.33. The van der Waals surface area contributed by atoms with Crippen molar-refractivity contribution < 1.29 is 4.79 Å². The number of nitrogens with two attached hydrogens (primary N) is 1. The molecule has 1 atom stereocenters. The Bertz CT molecular complexity index is 433. The standard InChI is InChI=1S/C11H16ClN5O/c1-7-4-9(12)16-10(15-7)6-17-3-2-14-5-8(17)11(13)18/h4,8,14H,2-3,5-6H2,1H3,(H2,13,18). The quantitative estimate of drug-likeness (QED) is 0.736. The lowest BCUT2D eigenvalue weighted by Crippen LogP contribution is -2.56. The van der Waals surface area contributed by atoms with Gasteiger partial charge in [-0.3, -0.25) is 9.69 Å². The highest BCUT2D eigenvalue weighted by atomic mass is 35.5. The molecule has 1 fully saturated rings. The van der Waals surface area contributed by atoms with Gasteiger partial charge in [-0.05, 0) is 13.0 Å². The molecule has 18 heavy (non-hydrogen) atoms. The van der Waals surface area contributed by atoms with Gasteiger partial charge in [-0.2, -0.15) is 0 Å². The van der Waals surface area contributed by atoms with E-state index in [4.69, 9.17) is 17.3 Å². The average Bonchev–Trinajstić information content (AvgIpc) is 2.27. The third kappa shape index (κ3) is 3.16. The first-order chi connectivity index (χ1) is 8.56. The van der Waals surface area contributed by atoms with Gasteiger partial charge in [0.05, 0.1) is 6.54 Å². The normalized spacial score (nSPS) is 20.9. The lowest BCUT2D eigenvalue weighted by atomic mass is 10.2. The van der Waals surface area contributed by atoms with E-state index >= 15 is 0 Å². The molecule has 1 aliphatic heterocycles. The Hall–Kier alpha value is -1.24. The number of rotatable bonds is 3. The highest BCUT2D eigenvalue weighted by Gasteiger charge is 2.27. The topological polar surface area (TPSA) is 84.1 Å². The van der Waals surface area contributed by atoms with E-state index in [0.717, 1.165) is 18.8 Å². The van der Waals surface area contributed by atoms with E-state index in [1.54, 1.807) is 6.07 Å². The van der Waals surface area contributed by atoms with Gasteiger partial charge in [-0.1, -0.05) is 11.6 Å². The summed E-state index contributed by atoms with van der Waals surface area (Å²) in [7, 11) is 0. The lowest BCUT2D eigenvalue weighted by molar-refractivity contribution is -0.124. The molecule has 2 heterocycles. The van der Waals surface area contributed by atoms with Gasteiger partial charge in [-0.25, -0.2) is 9.97 Å². The second kappa shape index (κ2) is 5.60. The first kappa shape index (κ1) is 13.2. The summed E-state index contributed by atoms with van der Waals surface area (Å²) < 4.78 is 0. The van der Waals surface area contributed by atoms with Crippen molar-refractivity contribution >= 4 is 17.5 Å². The second-order valence-electron chi connectivity index (χ2n) is 4.34. The van der Waals surface area contributed by atoms with Crippen LogP contribution in [0.1, 0.15) is 11.5 Å². The summed E-state index contributed by atoms with van der Waals surface area (Å²) in [4.78, 5) is 21.8. The van der Waals surface area contributed by atoms with Crippen LogP contribution in [-0.2, 0) is 11.3 Å². The molecule has 3 N–H and O–H groups in total. The zero-order valence-electron chi connectivity index (χ0n) is 10.2.